The van der Waals surface area contributed by atoms with E-state index in [9.17, 15) is 4.79 Å². The van der Waals surface area contributed by atoms with Gasteiger partial charge in [0.05, 0.1) is 10.9 Å². The molecular formula is C24H25N3O3S. The number of nitrogens with zero attached hydrogens (tertiary/aromatic N) is 2. The molecule has 1 aromatic heterocycles. The zero-order valence-corrected chi connectivity index (χ0v) is 18.0. The lowest BCUT2D eigenvalue weighted by molar-refractivity contribution is 0.0934. The van der Waals surface area contributed by atoms with Gasteiger partial charge in [-0.05, 0) is 41.3 Å². The van der Waals surface area contributed by atoms with Crippen LogP contribution < -0.4 is 19.7 Å². The van der Waals surface area contributed by atoms with E-state index in [4.69, 9.17) is 9.47 Å². The number of rotatable bonds is 6. The lowest BCUT2D eigenvalue weighted by Crippen LogP contribution is -2.49. The Hall–Kier alpha value is -3.03. The van der Waals surface area contributed by atoms with Gasteiger partial charge in [-0.15, -0.1) is 11.3 Å². The summed E-state index contributed by atoms with van der Waals surface area (Å²) in [6.07, 6.45) is 0. The molecule has 1 fully saturated rings. The average Bonchev–Trinajstić information content (AvgIpc) is 3.52. The second-order valence-corrected chi connectivity index (χ2v) is 8.62. The van der Waals surface area contributed by atoms with Crippen LogP contribution in [0.4, 0.5) is 5.69 Å². The van der Waals surface area contributed by atoms with Gasteiger partial charge in [-0.1, -0.05) is 30.3 Å². The number of thiophene rings is 1. The number of piperazine rings is 1. The number of para-hydroxylation sites is 1. The zero-order chi connectivity index (χ0) is 21.0. The number of hydrogen-bond acceptors (Lipinski definition) is 6. The molecule has 2 aliphatic heterocycles. The topological polar surface area (TPSA) is 54.0 Å². The average molecular weight is 436 g/mol. The van der Waals surface area contributed by atoms with E-state index in [-0.39, 0.29) is 18.7 Å². The van der Waals surface area contributed by atoms with Crippen molar-refractivity contribution in [2.45, 2.75) is 6.04 Å². The molecule has 3 aromatic rings. The fourth-order valence-corrected chi connectivity index (χ4v) is 4.83. The fraction of sp³-hybridized carbons (Fsp3) is 0.292. The molecule has 0 radical (unpaired) electrons. The first-order chi connectivity index (χ1) is 15.3. The summed E-state index contributed by atoms with van der Waals surface area (Å²) < 4.78 is 11.1. The third-order valence-electron chi connectivity index (χ3n) is 5.86. The molecule has 1 amide bonds. The van der Waals surface area contributed by atoms with Gasteiger partial charge < -0.3 is 19.7 Å². The summed E-state index contributed by atoms with van der Waals surface area (Å²) in [7, 11) is 0. The summed E-state index contributed by atoms with van der Waals surface area (Å²) in [6, 6.07) is 20.4. The van der Waals surface area contributed by atoms with Crippen LogP contribution in [0, 0.1) is 0 Å². The highest BCUT2D eigenvalue weighted by Crippen LogP contribution is 2.35. The van der Waals surface area contributed by atoms with E-state index in [2.05, 4.69) is 45.4 Å². The lowest BCUT2D eigenvalue weighted by Gasteiger charge is -2.40. The minimum absolute atomic E-state index is 0.0244. The monoisotopic (exact) mass is 435 g/mol. The van der Waals surface area contributed by atoms with E-state index in [0.29, 0.717) is 6.54 Å². The third-order valence-corrected chi connectivity index (χ3v) is 6.73. The number of ether oxygens (including phenoxy) is 2. The fourth-order valence-electron chi connectivity index (χ4n) is 4.19. The summed E-state index contributed by atoms with van der Waals surface area (Å²) in [5.41, 5.74) is 2.39. The van der Waals surface area contributed by atoms with Crippen molar-refractivity contribution in [3.8, 4) is 11.5 Å². The molecule has 5 rings (SSSR count). The van der Waals surface area contributed by atoms with Gasteiger partial charge >= 0.3 is 0 Å². The Bertz CT molecular complexity index is 1020. The van der Waals surface area contributed by atoms with Crippen LogP contribution in [0.3, 0.4) is 0 Å². The van der Waals surface area contributed by atoms with Gasteiger partial charge in [0, 0.05) is 38.4 Å². The van der Waals surface area contributed by atoms with Crippen LogP contribution in [-0.4, -0.2) is 50.3 Å². The van der Waals surface area contributed by atoms with Gasteiger partial charge in [-0.25, -0.2) is 0 Å². The molecule has 1 N–H and O–H groups in total. The molecule has 31 heavy (non-hydrogen) atoms. The summed E-state index contributed by atoms with van der Waals surface area (Å²) in [4.78, 5) is 18.2. The summed E-state index contributed by atoms with van der Waals surface area (Å²) in [5, 5.41) is 5.06. The molecule has 160 valence electrons. The van der Waals surface area contributed by atoms with Crippen LogP contribution in [0.2, 0.25) is 0 Å². The molecule has 0 aliphatic carbocycles. The van der Waals surface area contributed by atoms with Gasteiger partial charge in [-0.3, -0.25) is 9.69 Å². The molecule has 0 saturated carbocycles. The summed E-state index contributed by atoms with van der Waals surface area (Å²) >= 11 is 1.46. The van der Waals surface area contributed by atoms with E-state index in [1.165, 1.54) is 17.0 Å². The van der Waals surface area contributed by atoms with E-state index in [1.54, 1.807) is 0 Å². The molecule has 2 aliphatic rings. The predicted octanol–water partition coefficient (Wildman–Crippen LogP) is 3.77. The van der Waals surface area contributed by atoms with E-state index in [0.717, 1.165) is 48.1 Å². The van der Waals surface area contributed by atoms with Crippen LogP contribution in [0.25, 0.3) is 0 Å². The maximum absolute atomic E-state index is 12.6. The molecule has 0 bridgehead atoms. The second-order valence-electron chi connectivity index (χ2n) is 7.67. The molecule has 1 atom stereocenters. The van der Waals surface area contributed by atoms with Gasteiger partial charge in [0.2, 0.25) is 6.79 Å². The van der Waals surface area contributed by atoms with Crippen molar-refractivity contribution in [3.05, 3.63) is 76.5 Å². The number of nitrogens with one attached hydrogen (secondary N) is 1. The first-order valence-electron chi connectivity index (χ1n) is 10.5. The predicted molar refractivity (Wildman–Crippen MR) is 122 cm³/mol. The third kappa shape index (κ3) is 4.38. The highest BCUT2D eigenvalue weighted by molar-refractivity contribution is 7.12. The normalized spacial score (nSPS) is 16.8. The Labute approximate surface area is 186 Å². The standard InChI is InChI=1S/C24H25N3O3S/c28-24(23-7-4-14-31-23)25-16-20(18-8-9-21-22(15-18)30-17-29-21)27-12-10-26(11-13-27)19-5-2-1-3-6-19/h1-9,14-15,20H,10-13,16-17H2,(H,25,28). The van der Waals surface area contributed by atoms with E-state index in [1.807, 2.05) is 35.7 Å². The van der Waals surface area contributed by atoms with Crippen molar-refractivity contribution in [2.75, 3.05) is 44.4 Å². The number of carbonyl (C=O) groups excluding carboxylic acids is 1. The molecule has 6 nitrogen and oxygen atoms in total. The van der Waals surface area contributed by atoms with Crippen molar-refractivity contribution in [2.24, 2.45) is 0 Å². The Kier molecular flexibility index (Phi) is 5.78. The van der Waals surface area contributed by atoms with Crippen LogP contribution in [0.15, 0.2) is 66.0 Å². The smallest absolute Gasteiger partial charge is 0.261 e. The van der Waals surface area contributed by atoms with Crippen LogP contribution in [0.5, 0.6) is 11.5 Å². The summed E-state index contributed by atoms with van der Waals surface area (Å²) in [5.74, 6) is 1.53. The minimum atomic E-state index is -0.0244. The summed E-state index contributed by atoms with van der Waals surface area (Å²) in [6.45, 7) is 4.54. The second kappa shape index (κ2) is 8.99. The number of hydrogen-bond donors (Lipinski definition) is 1. The molecule has 1 unspecified atom stereocenters. The Morgan fingerprint density at radius 1 is 0.968 bits per heavy atom. The largest absolute Gasteiger partial charge is 0.454 e. The van der Waals surface area contributed by atoms with Gasteiger partial charge in [0.25, 0.3) is 5.91 Å². The SMILES string of the molecule is O=C(NCC(c1ccc2c(c1)OCO2)N1CCN(c2ccccc2)CC1)c1cccs1. The first-order valence-corrected chi connectivity index (χ1v) is 11.4. The minimum Gasteiger partial charge on any atom is -0.454 e. The lowest BCUT2D eigenvalue weighted by atomic mass is 10.0. The van der Waals surface area contributed by atoms with Crippen LogP contribution in [-0.2, 0) is 0 Å². The molecular weight excluding hydrogens is 410 g/mol. The highest BCUT2D eigenvalue weighted by Gasteiger charge is 2.27. The maximum atomic E-state index is 12.6. The van der Waals surface area contributed by atoms with Crippen LogP contribution >= 0.6 is 11.3 Å². The Morgan fingerprint density at radius 3 is 2.55 bits per heavy atom. The molecule has 3 heterocycles. The number of anilines is 1. The van der Waals surface area contributed by atoms with E-state index >= 15 is 0 Å². The number of fused-ring (bicyclic) bond motifs is 1. The Morgan fingerprint density at radius 2 is 1.77 bits per heavy atom. The quantitative estimate of drug-likeness (QED) is 0.639. The van der Waals surface area contributed by atoms with Crippen molar-refractivity contribution < 1.29 is 14.3 Å². The highest BCUT2D eigenvalue weighted by atomic mass is 32.1. The van der Waals surface area contributed by atoms with Crippen molar-refractivity contribution in [1.82, 2.24) is 10.2 Å². The van der Waals surface area contributed by atoms with Crippen molar-refractivity contribution in [3.63, 3.8) is 0 Å². The molecule has 0 spiro atoms. The molecule has 1 saturated heterocycles. The molecule has 2 aromatic carbocycles. The number of amides is 1. The van der Waals surface area contributed by atoms with E-state index < -0.39 is 0 Å². The first kappa shape index (κ1) is 19.9. The van der Waals surface area contributed by atoms with Crippen molar-refractivity contribution >= 4 is 22.9 Å². The van der Waals surface area contributed by atoms with Crippen LogP contribution in [0.1, 0.15) is 21.3 Å². The number of carbonyl (C=O) groups is 1. The van der Waals surface area contributed by atoms with Gasteiger partial charge in [-0.2, -0.15) is 0 Å². The zero-order valence-electron chi connectivity index (χ0n) is 17.2. The number of benzene rings is 2. The Balaban J connectivity index is 1.32. The van der Waals surface area contributed by atoms with Crippen molar-refractivity contribution in [1.29, 1.82) is 0 Å². The van der Waals surface area contributed by atoms with Gasteiger partial charge in [0.15, 0.2) is 11.5 Å². The maximum Gasteiger partial charge on any atom is 0.261 e. The van der Waals surface area contributed by atoms with Gasteiger partial charge in [0.1, 0.15) is 0 Å². The molecule has 7 heteroatoms.